The quantitative estimate of drug-likeness (QED) is 0.369. The number of piperazine rings is 1. The maximum absolute atomic E-state index is 12.3. The van der Waals surface area contributed by atoms with Crippen LogP contribution in [0.3, 0.4) is 0 Å². The molecule has 1 saturated heterocycles. The second-order valence-corrected chi connectivity index (χ2v) is 9.36. The van der Waals surface area contributed by atoms with Crippen LogP contribution in [0.15, 0.2) is 42.7 Å². The number of carboxylic acid groups (broad SMARTS) is 1. The Morgan fingerprint density at radius 3 is 2.51 bits per heavy atom. The number of carbonyl (C=O) groups is 2. The van der Waals surface area contributed by atoms with Crippen LogP contribution < -0.4 is 25.2 Å². The molecule has 2 aliphatic rings. The molecule has 206 valence electrons. The number of halogens is 1. The van der Waals surface area contributed by atoms with Crippen molar-refractivity contribution in [2.45, 2.75) is 13.3 Å². The third-order valence-corrected chi connectivity index (χ3v) is 6.46. The van der Waals surface area contributed by atoms with Crippen molar-refractivity contribution in [2.75, 3.05) is 66.8 Å². The smallest absolute Gasteiger partial charge is 0.290 e. The lowest BCUT2D eigenvalue weighted by atomic mass is 10.2. The Morgan fingerprint density at radius 1 is 1.08 bits per heavy atom. The molecule has 0 saturated carbocycles. The van der Waals surface area contributed by atoms with E-state index < -0.39 is 0 Å². The van der Waals surface area contributed by atoms with Gasteiger partial charge in [-0.05, 0) is 43.8 Å². The second-order valence-electron chi connectivity index (χ2n) is 8.96. The van der Waals surface area contributed by atoms with E-state index in [9.17, 15) is 4.79 Å². The van der Waals surface area contributed by atoms with E-state index in [0.29, 0.717) is 29.1 Å². The molecule has 0 aliphatic carbocycles. The number of amides is 1. The van der Waals surface area contributed by atoms with Crippen LogP contribution in [0.4, 0.5) is 34.6 Å². The Hall–Kier alpha value is -4.16. The first kappa shape index (κ1) is 27.9. The Balaban J connectivity index is 0.00000112. The van der Waals surface area contributed by atoms with Gasteiger partial charge in [-0.2, -0.15) is 4.98 Å². The topological polar surface area (TPSA) is 136 Å². The minimum atomic E-state index is -0.250. The lowest BCUT2D eigenvalue weighted by molar-refractivity contribution is -0.123. The SMILES string of the molecule is CCCN1C(=O)COc2ccc(Nc3nc(Nc4ccc(N5CCN(C)CC5)nc4)ncc3Cl)cc21.O=CO. The number of hydrogen-bond donors (Lipinski definition) is 3. The maximum Gasteiger partial charge on any atom is 0.290 e. The van der Waals surface area contributed by atoms with Crippen molar-refractivity contribution < 1.29 is 19.4 Å². The molecular formula is C26H31ClN8O4. The monoisotopic (exact) mass is 554 g/mol. The molecule has 2 aromatic heterocycles. The number of hydrogen-bond acceptors (Lipinski definition) is 10. The third kappa shape index (κ3) is 7.03. The van der Waals surface area contributed by atoms with Gasteiger partial charge in [0.05, 0.1) is 23.8 Å². The van der Waals surface area contributed by atoms with E-state index in [1.54, 1.807) is 17.3 Å². The van der Waals surface area contributed by atoms with E-state index in [1.165, 1.54) is 0 Å². The molecule has 0 atom stereocenters. The van der Waals surface area contributed by atoms with Gasteiger partial charge in [-0.25, -0.2) is 9.97 Å². The van der Waals surface area contributed by atoms with Crippen LogP contribution in [0.2, 0.25) is 5.02 Å². The van der Waals surface area contributed by atoms with Crippen molar-refractivity contribution >= 4 is 58.6 Å². The minimum Gasteiger partial charge on any atom is -0.483 e. The summed E-state index contributed by atoms with van der Waals surface area (Å²) < 4.78 is 5.59. The van der Waals surface area contributed by atoms with E-state index >= 15 is 0 Å². The summed E-state index contributed by atoms with van der Waals surface area (Å²) in [5, 5.41) is 13.7. The number of aromatic nitrogens is 3. The fourth-order valence-corrected chi connectivity index (χ4v) is 4.35. The van der Waals surface area contributed by atoms with Gasteiger partial charge in [0.25, 0.3) is 12.4 Å². The highest BCUT2D eigenvalue weighted by molar-refractivity contribution is 6.32. The number of nitrogens with zero attached hydrogens (tertiary/aromatic N) is 6. The molecule has 0 unspecified atom stereocenters. The van der Waals surface area contributed by atoms with Crippen LogP contribution in [0.1, 0.15) is 13.3 Å². The standard InChI is InChI=1S/C25H29ClN8O2.CH2O2/c1-3-8-34-20-13-17(4-6-21(20)36-16-23(34)35)29-24-19(26)15-28-25(31-24)30-18-5-7-22(27-14-18)33-11-9-32(2)10-12-33;2-1-3/h4-7,13-15H,3,8-12,16H2,1-2H3,(H2,28,29,30,31);1H,(H,2,3). The summed E-state index contributed by atoms with van der Waals surface area (Å²) in [6, 6.07) is 9.55. The van der Waals surface area contributed by atoms with Gasteiger partial charge in [-0.3, -0.25) is 9.59 Å². The van der Waals surface area contributed by atoms with Crippen molar-refractivity contribution in [3.05, 3.63) is 47.7 Å². The van der Waals surface area contributed by atoms with Crippen LogP contribution >= 0.6 is 11.6 Å². The fraction of sp³-hybridized carbons (Fsp3) is 0.346. The second kappa shape index (κ2) is 13.1. The highest BCUT2D eigenvalue weighted by atomic mass is 35.5. The number of likely N-dealkylation sites (N-methyl/N-ethyl adjacent to an activating group) is 1. The van der Waals surface area contributed by atoms with Crippen LogP contribution in [-0.2, 0) is 9.59 Å². The molecular weight excluding hydrogens is 524 g/mol. The lowest BCUT2D eigenvalue weighted by Crippen LogP contribution is -2.44. The van der Waals surface area contributed by atoms with E-state index in [2.05, 4.69) is 42.4 Å². The lowest BCUT2D eigenvalue weighted by Gasteiger charge is -2.33. The number of anilines is 6. The molecule has 12 nitrogen and oxygen atoms in total. The maximum atomic E-state index is 12.3. The number of rotatable bonds is 7. The molecule has 3 N–H and O–H groups in total. The van der Waals surface area contributed by atoms with Gasteiger partial charge in [0.2, 0.25) is 5.95 Å². The summed E-state index contributed by atoms with van der Waals surface area (Å²) >= 11 is 6.39. The average Bonchev–Trinajstić information content (AvgIpc) is 2.94. The Bertz CT molecular complexity index is 1290. The summed E-state index contributed by atoms with van der Waals surface area (Å²) in [4.78, 5) is 40.5. The van der Waals surface area contributed by atoms with Crippen molar-refractivity contribution in [1.29, 1.82) is 0 Å². The molecule has 3 aromatic rings. The molecule has 1 fully saturated rings. The molecule has 4 heterocycles. The summed E-state index contributed by atoms with van der Waals surface area (Å²) in [5.74, 6) is 2.42. The van der Waals surface area contributed by atoms with E-state index in [1.807, 2.05) is 37.3 Å². The van der Waals surface area contributed by atoms with Crippen LogP contribution in [-0.4, -0.2) is 83.7 Å². The number of pyridine rings is 1. The minimum absolute atomic E-state index is 0.0533. The average molecular weight is 555 g/mol. The molecule has 5 rings (SSSR count). The fourth-order valence-electron chi connectivity index (χ4n) is 4.21. The van der Waals surface area contributed by atoms with Crippen molar-refractivity contribution in [3.8, 4) is 5.75 Å². The number of fused-ring (bicyclic) bond motifs is 1. The highest BCUT2D eigenvalue weighted by Gasteiger charge is 2.25. The first-order valence-corrected chi connectivity index (χ1v) is 12.9. The van der Waals surface area contributed by atoms with Gasteiger partial charge in [-0.15, -0.1) is 0 Å². The molecule has 1 aromatic carbocycles. The highest BCUT2D eigenvalue weighted by Crippen LogP contribution is 2.36. The molecule has 39 heavy (non-hydrogen) atoms. The zero-order valence-corrected chi connectivity index (χ0v) is 22.6. The van der Waals surface area contributed by atoms with Crippen molar-refractivity contribution in [2.24, 2.45) is 0 Å². The number of benzene rings is 1. The number of nitrogens with one attached hydrogen (secondary N) is 2. The predicted molar refractivity (Wildman–Crippen MR) is 151 cm³/mol. The largest absolute Gasteiger partial charge is 0.483 e. The first-order chi connectivity index (χ1) is 18.9. The molecule has 1 amide bonds. The van der Waals surface area contributed by atoms with Gasteiger partial charge in [-0.1, -0.05) is 18.5 Å². The van der Waals surface area contributed by atoms with Gasteiger partial charge >= 0.3 is 0 Å². The summed E-state index contributed by atoms with van der Waals surface area (Å²) in [6.45, 7) is 6.45. The normalized spacial score (nSPS) is 15.0. The Labute approximate surface area is 231 Å². The van der Waals surface area contributed by atoms with Crippen LogP contribution in [0.5, 0.6) is 5.75 Å². The van der Waals surface area contributed by atoms with E-state index in [0.717, 1.165) is 55.5 Å². The van der Waals surface area contributed by atoms with Crippen LogP contribution in [0, 0.1) is 0 Å². The summed E-state index contributed by atoms with van der Waals surface area (Å²) in [5.41, 5.74) is 2.24. The van der Waals surface area contributed by atoms with Crippen LogP contribution in [0.25, 0.3) is 0 Å². The molecule has 0 bridgehead atoms. The first-order valence-electron chi connectivity index (χ1n) is 12.5. The summed E-state index contributed by atoms with van der Waals surface area (Å²) in [6.07, 6.45) is 4.17. The number of carbonyl (C=O) groups excluding carboxylic acids is 1. The summed E-state index contributed by atoms with van der Waals surface area (Å²) in [7, 11) is 2.13. The van der Waals surface area contributed by atoms with Gasteiger partial charge in [0.1, 0.15) is 16.6 Å². The number of ether oxygens (including phenoxy) is 1. The van der Waals surface area contributed by atoms with Crippen molar-refractivity contribution in [3.63, 3.8) is 0 Å². The molecule has 2 aliphatic heterocycles. The molecule has 13 heteroatoms. The van der Waals surface area contributed by atoms with Gasteiger partial charge in [0.15, 0.2) is 12.4 Å². The third-order valence-electron chi connectivity index (χ3n) is 6.19. The molecule has 0 radical (unpaired) electrons. The van der Waals surface area contributed by atoms with Gasteiger partial charge in [0, 0.05) is 38.4 Å². The van der Waals surface area contributed by atoms with E-state index in [-0.39, 0.29) is 19.0 Å². The Kier molecular flexibility index (Phi) is 9.34. The molecule has 0 spiro atoms. The zero-order valence-electron chi connectivity index (χ0n) is 21.8. The van der Waals surface area contributed by atoms with Crippen molar-refractivity contribution in [1.82, 2.24) is 19.9 Å². The zero-order chi connectivity index (χ0) is 27.8. The Morgan fingerprint density at radius 2 is 1.82 bits per heavy atom. The van der Waals surface area contributed by atoms with Gasteiger partial charge < -0.3 is 35.2 Å². The van der Waals surface area contributed by atoms with E-state index in [4.69, 9.17) is 26.2 Å². The predicted octanol–water partition coefficient (Wildman–Crippen LogP) is 3.60.